The van der Waals surface area contributed by atoms with Crippen molar-refractivity contribution in [2.75, 3.05) is 114 Å². The molecular formula is C118H119N15O6. The third-order valence-corrected chi connectivity index (χ3v) is 28.8. The molecule has 2 aliphatic carbocycles. The fourth-order valence-electron chi connectivity index (χ4n) is 21.7. The molecule has 9 aliphatic heterocycles. The molecule has 10 heterocycles. The number of benzene rings is 12. The zero-order valence-corrected chi connectivity index (χ0v) is 77.4. The summed E-state index contributed by atoms with van der Waals surface area (Å²) in [6.45, 7) is 17.4. The van der Waals surface area contributed by atoms with Gasteiger partial charge in [-0.2, -0.15) is 5.10 Å². The maximum Gasteiger partial charge on any atom is 0.272 e. The lowest BCUT2D eigenvalue weighted by Crippen LogP contribution is -2.48. The van der Waals surface area contributed by atoms with Gasteiger partial charge >= 0.3 is 0 Å². The number of carbonyl (C=O) groups excluding carboxylic acids is 5. The number of rotatable bonds is 18. The van der Waals surface area contributed by atoms with Gasteiger partial charge in [-0.15, -0.1) is 0 Å². The number of amides is 2. The molecular weight excluding hydrogens is 1720 g/mol. The summed E-state index contributed by atoms with van der Waals surface area (Å²) >= 11 is 0. The van der Waals surface area contributed by atoms with Crippen LogP contribution in [-0.4, -0.2) is 174 Å². The lowest BCUT2D eigenvalue weighted by molar-refractivity contribution is -0.134. The van der Waals surface area contributed by atoms with E-state index in [9.17, 15) is 28.8 Å². The van der Waals surface area contributed by atoms with Crippen molar-refractivity contribution >= 4 is 91.2 Å². The average molecular weight is 1840 g/mol. The first kappa shape index (κ1) is 93.0. The van der Waals surface area contributed by atoms with Crippen LogP contribution in [0.1, 0.15) is 209 Å². The van der Waals surface area contributed by atoms with Crippen LogP contribution in [-0.2, 0) is 22.7 Å². The number of nitrogens with zero attached hydrogens (tertiary/aromatic N) is 9. The van der Waals surface area contributed by atoms with Gasteiger partial charge in [0.2, 0.25) is 11.8 Å². The van der Waals surface area contributed by atoms with E-state index in [0.717, 1.165) is 209 Å². The van der Waals surface area contributed by atoms with Gasteiger partial charge in [0.25, 0.3) is 5.56 Å². The number of H-pyrrole nitrogens is 1. The first-order chi connectivity index (χ1) is 67.0. The van der Waals surface area contributed by atoms with Crippen molar-refractivity contribution in [3.05, 3.63) is 421 Å². The van der Waals surface area contributed by atoms with E-state index in [0.29, 0.717) is 17.2 Å². The van der Waals surface area contributed by atoms with E-state index < -0.39 is 0 Å². The topological polar surface area (TPSA) is 245 Å². The number of Topliss-reactive ketones (excluding diaryl/α,β-unsaturated/α-hetero) is 3. The van der Waals surface area contributed by atoms with Gasteiger partial charge in [-0.3, -0.25) is 43.7 Å². The fourth-order valence-corrected chi connectivity index (χ4v) is 21.7. The number of aromatic amines is 1. The molecule has 24 rings (SSSR count). The van der Waals surface area contributed by atoms with Crippen molar-refractivity contribution in [2.45, 2.75) is 101 Å². The number of piperazine rings is 2. The number of anilines is 4. The number of aliphatic imine (C=N–C) groups is 3. The molecule has 702 valence electrons. The molecule has 11 aliphatic rings. The summed E-state index contributed by atoms with van der Waals surface area (Å²) in [4.78, 5) is 101. The van der Waals surface area contributed by atoms with E-state index in [1.807, 2.05) is 120 Å². The van der Waals surface area contributed by atoms with Gasteiger partial charge in [0, 0.05) is 150 Å². The Balaban J connectivity index is 0.000000119. The molecule has 13 aromatic rings. The number of carbonyl (C=O) groups is 5. The minimum atomic E-state index is -0.159. The van der Waals surface area contributed by atoms with Gasteiger partial charge in [-0.25, -0.2) is 5.10 Å². The molecule has 21 heteroatoms. The first-order valence-corrected chi connectivity index (χ1v) is 48.1. The number of nitrogens with one attached hydrogen (secondary N) is 6. The van der Waals surface area contributed by atoms with Crippen LogP contribution in [0.5, 0.6) is 0 Å². The molecule has 6 N–H and O–H groups in total. The van der Waals surface area contributed by atoms with Crippen molar-refractivity contribution < 1.29 is 24.0 Å². The molecule has 0 radical (unpaired) electrons. The van der Waals surface area contributed by atoms with Crippen molar-refractivity contribution in [1.82, 2.24) is 40.0 Å². The predicted octanol–water partition coefficient (Wildman–Crippen LogP) is 20.2. The molecule has 12 aromatic carbocycles. The molecule has 2 saturated carbocycles. The summed E-state index contributed by atoms with van der Waals surface area (Å²) in [5.74, 6) is 1.35. The van der Waals surface area contributed by atoms with E-state index in [2.05, 4.69) is 267 Å². The number of aromatic nitrogens is 2. The zero-order chi connectivity index (χ0) is 93.5. The highest BCUT2D eigenvalue weighted by atomic mass is 16.2. The smallest absolute Gasteiger partial charge is 0.272 e. The predicted molar refractivity (Wildman–Crippen MR) is 559 cm³/mol. The molecule has 2 amide bonds. The minimum Gasteiger partial charge on any atom is -0.377 e. The normalized spacial score (nSPS) is 20.4. The van der Waals surface area contributed by atoms with Crippen LogP contribution in [0, 0.1) is 11.8 Å². The third kappa shape index (κ3) is 18.7. The Morgan fingerprint density at radius 3 is 1.19 bits per heavy atom. The van der Waals surface area contributed by atoms with Crippen molar-refractivity contribution in [1.29, 1.82) is 0 Å². The SMILES string of the molecule is C.C.C=C(c1ccc(C2C3=NCC(=O)c4cccc(c43)NC2c2ccccc2)cc1)N1CCN(C(=O)C2CC2)CC1.C=C(c1cccc(C2C3=NCC(=O)c4cccc(c43)NC2c2ccccc2)c1)N1CCN(C(=O)C2CC2)CC1.CN(C)Cc1cccc(C2C3=NCC(=O)c4cccc(c43)NC2c2ccccc2)c1.CNCc1cccc(C2Nc3cccc4c(=O)[nH]nc(c34)C2c2ccccc2)c1. The van der Waals surface area contributed by atoms with Crippen LogP contribution in [0.3, 0.4) is 0 Å². The first-order valence-electron chi connectivity index (χ1n) is 48.1. The largest absolute Gasteiger partial charge is 0.377 e. The van der Waals surface area contributed by atoms with Gasteiger partial charge in [0.1, 0.15) is 19.6 Å². The number of hydrogen-bond donors (Lipinski definition) is 6. The maximum absolute atomic E-state index is 12.8. The van der Waals surface area contributed by atoms with E-state index >= 15 is 0 Å². The molecule has 139 heavy (non-hydrogen) atoms. The quantitative estimate of drug-likeness (QED) is 0.0468. The molecule has 8 atom stereocenters. The van der Waals surface area contributed by atoms with Crippen LogP contribution < -0.4 is 32.1 Å². The Morgan fingerprint density at radius 2 is 0.734 bits per heavy atom. The molecule has 0 spiro atoms. The number of ketones is 3. The van der Waals surface area contributed by atoms with Gasteiger partial charge in [0.05, 0.1) is 76.1 Å². The molecule has 2 saturated heterocycles. The monoisotopic (exact) mass is 1840 g/mol. The Hall–Kier alpha value is -15.1. The van der Waals surface area contributed by atoms with Gasteiger partial charge in [-0.1, -0.05) is 283 Å². The van der Waals surface area contributed by atoms with E-state index in [1.165, 1.54) is 44.5 Å². The van der Waals surface area contributed by atoms with Crippen molar-refractivity contribution in [3.63, 3.8) is 0 Å². The van der Waals surface area contributed by atoms with E-state index in [-0.39, 0.29) is 117 Å². The lowest BCUT2D eigenvalue weighted by Gasteiger charge is -2.39. The second kappa shape index (κ2) is 40.3. The van der Waals surface area contributed by atoms with Gasteiger partial charge in [-0.05, 0) is 150 Å². The molecule has 8 unspecified atom stereocenters. The van der Waals surface area contributed by atoms with E-state index in [4.69, 9.17) is 15.0 Å². The van der Waals surface area contributed by atoms with Crippen LogP contribution >= 0.6 is 0 Å². The van der Waals surface area contributed by atoms with Gasteiger partial charge in [0.15, 0.2) is 17.3 Å². The summed E-state index contributed by atoms with van der Waals surface area (Å²) in [6.07, 6.45) is 4.19. The summed E-state index contributed by atoms with van der Waals surface area (Å²) in [7, 11) is 6.12. The van der Waals surface area contributed by atoms with Crippen LogP contribution in [0.2, 0.25) is 0 Å². The summed E-state index contributed by atoms with van der Waals surface area (Å²) in [6, 6.07) is 100. The standard InChI is InChI=1S/2C33H32N4O2.C26H25N3O.C24H22N4O.2CH4/c1-21(36-15-17-37(18-16-36)33(39)23-13-14-23)24-9-5-10-25(19-24)29-31(22-7-3-2-4-8-22)35-27-12-6-11-26-28(38)20-34-32(29)30(26)27;1-21(36-16-18-37(19-17-36)33(39)25-14-15-25)22-10-12-23(13-11-22)29-31(24-6-3-2-4-7-24)35-27-9-5-8-26-28(38)20-34-32(29)30(26)27;1-29(2)16-17-8-6-11-19(14-17)23-25(18-9-4-3-5-10-18)28-21-13-7-12-20-22(30)15-27-26(23)24(20)21;1-25-14-15-7-5-10-17(13-15)22-20(16-8-3-2-4-9-16)23-21-18(24(29)28-27-23)11-6-12-19(21)26-22;;/h2-12,19,23,29,31,35H,1,13-18,20H2;2-13,25,29,31,35H,1,14-20H2;3-14,23,25,28H,15-16H2,1-2H3;2-13,20,22,25-26H,14H2,1H3,(H,28,29);2*1H4. The Kier molecular flexibility index (Phi) is 27.0. The average Bonchev–Trinajstić information content (AvgIpc) is 1.73. The number of hydrogen-bond acceptors (Lipinski definition) is 18. The Morgan fingerprint density at radius 1 is 0.374 bits per heavy atom. The van der Waals surface area contributed by atoms with Gasteiger partial charge < -0.3 is 51.1 Å². The Bertz CT molecular complexity index is 7010. The summed E-state index contributed by atoms with van der Waals surface area (Å²) in [5.41, 5.74) is 28.9. The summed E-state index contributed by atoms with van der Waals surface area (Å²) in [5, 5.41) is 27.0. The highest BCUT2D eigenvalue weighted by molar-refractivity contribution is 6.24. The third-order valence-electron chi connectivity index (χ3n) is 28.8. The second-order valence-corrected chi connectivity index (χ2v) is 37.8. The molecule has 0 bridgehead atoms. The fraction of sp³-hybridized carbons (Fsp3) is 0.271. The highest BCUT2D eigenvalue weighted by Gasteiger charge is 2.45. The second-order valence-electron chi connectivity index (χ2n) is 37.8. The van der Waals surface area contributed by atoms with Crippen molar-refractivity contribution in [2.24, 2.45) is 26.8 Å². The lowest BCUT2D eigenvalue weighted by atomic mass is 9.75. The van der Waals surface area contributed by atoms with Crippen LogP contribution in [0.4, 0.5) is 22.7 Å². The summed E-state index contributed by atoms with van der Waals surface area (Å²) < 4.78 is 0. The zero-order valence-electron chi connectivity index (χ0n) is 77.4. The molecule has 1 aromatic heterocycles. The van der Waals surface area contributed by atoms with Crippen molar-refractivity contribution in [3.8, 4) is 0 Å². The minimum absolute atomic E-state index is 0. The van der Waals surface area contributed by atoms with Crippen LogP contribution in [0.15, 0.2) is 324 Å². The molecule has 21 nitrogen and oxygen atoms in total. The maximum atomic E-state index is 12.8. The Labute approximate surface area is 813 Å². The van der Waals surface area contributed by atoms with E-state index in [1.54, 1.807) is 0 Å². The molecule has 4 fully saturated rings. The van der Waals surface area contributed by atoms with Crippen LogP contribution in [0.25, 0.3) is 22.2 Å². The highest BCUT2D eigenvalue weighted by Crippen LogP contribution is 2.52.